The van der Waals surface area contributed by atoms with Gasteiger partial charge in [0.25, 0.3) is 0 Å². The molecule has 1 aromatic heterocycles. The minimum absolute atomic E-state index is 0.104. The highest BCUT2D eigenvalue weighted by Crippen LogP contribution is 2.31. The first-order chi connectivity index (χ1) is 8.90. The third kappa shape index (κ3) is 3.48. The number of halogens is 4. The summed E-state index contributed by atoms with van der Waals surface area (Å²) in [6.07, 6.45) is -2.83. The maximum atomic E-state index is 12.8. The molecule has 0 radical (unpaired) electrons. The van der Waals surface area contributed by atoms with Gasteiger partial charge in [-0.25, -0.2) is 9.97 Å². The molecule has 0 N–H and O–H groups in total. The van der Waals surface area contributed by atoms with Gasteiger partial charge < -0.3 is 0 Å². The van der Waals surface area contributed by atoms with Crippen LogP contribution in [0.4, 0.5) is 13.2 Å². The van der Waals surface area contributed by atoms with Crippen LogP contribution >= 0.6 is 27.7 Å². The fraction of sp³-hybridized carbons (Fsp3) is 0.167. The summed E-state index contributed by atoms with van der Waals surface area (Å²) in [5.74, 6) is 0. The topological polar surface area (TPSA) is 25.8 Å². The second-order valence-electron chi connectivity index (χ2n) is 3.63. The number of nitrogens with zero attached hydrogens (tertiary/aromatic N) is 2. The summed E-state index contributed by atoms with van der Waals surface area (Å²) in [6.45, 7) is 0. The van der Waals surface area contributed by atoms with Crippen molar-refractivity contribution in [2.75, 3.05) is 6.26 Å². The fourth-order valence-corrected chi connectivity index (χ4v) is 2.07. The van der Waals surface area contributed by atoms with E-state index in [0.29, 0.717) is 5.56 Å². The Morgan fingerprint density at radius 3 is 2.26 bits per heavy atom. The van der Waals surface area contributed by atoms with E-state index in [0.717, 1.165) is 22.3 Å². The number of hydrogen-bond acceptors (Lipinski definition) is 3. The first kappa shape index (κ1) is 14.3. The standard InChI is InChI=1S/C12H8BrF3N2S/c1-19-11-17-9(6-10(18-11)12(14,15)16)7-2-4-8(13)5-3-7/h2-6H,1H3. The lowest BCUT2D eigenvalue weighted by Gasteiger charge is -2.09. The first-order valence-corrected chi connectivity index (χ1v) is 7.18. The Bertz CT molecular complexity index is 585. The summed E-state index contributed by atoms with van der Waals surface area (Å²) in [7, 11) is 0. The predicted octanol–water partition coefficient (Wildman–Crippen LogP) is 4.65. The number of rotatable bonds is 2. The summed E-state index contributed by atoms with van der Waals surface area (Å²) >= 11 is 4.36. The van der Waals surface area contributed by atoms with Crippen molar-refractivity contribution in [3.05, 3.63) is 40.5 Å². The van der Waals surface area contributed by atoms with Crippen molar-refractivity contribution in [1.82, 2.24) is 9.97 Å². The molecule has 2 rings (SSSR count). The summed E-state index contributed by atoms with van der Waals surface area (Å²) in [5, 5.41) is 0.104. The monoisotopic (exact) mass is 348 g/mol. The van der Waals surface area contributed by atoms with Crippen LogP contribution in [0, 0.1) is 0 Å². The molecule has 0 aliphatic rings. The normalized spacial score (nSPS) is 11.6. The molecule has 0 bridgehead atoms. The van der Waals surface area contributed by atoms with Crippen LogP contribution in [0.15, 0.2) is 40.0 Å². The molecule has 1 aromatic carbocycles. The Kier molecular flexibility index (Phi) is 4.15. The molecule has 7 heteroatoms. The van der Waals surface area contributed by atoms with Gasteiger partial charge in [0.2, 0.25) is 0 Å². The zero-order valence-electron chi connectivity index (χ0n) is 9.70. The van der Waals surface area contributed by atoms with Gasteiger partial charge in [-0.05, 0) is 24.5 Å². The van der Waals surface area contributed by atoms with E-state index < -0.39 is 11.9 Å². The molecule has 0 aliphatic heterocycles. The van der Waals surface area contributed by atoms with Gasteiger partial charge in [-0.2, -0.15) is 13.2 Å². The largest absolute Gasteiger partial charge is 0.433 e. The van der Waals surface area contributed by atoms with E-state index in [1.165, 1.54) is 0 Å². The third-order valence-corrected chi connectivity index (χ3v) is 3.40. The zero-order chi connectivity index (χ0) is 14.0. The van der Waals surface area contributed by atoms with E-state index in [9.17, 15) is 13.2 Å². The highest BCUT2D eigenvalue weighted by atomic mass is 79.9. The van der Waals surface area contributed by atoms with Gasteiger partial charge in [0, 0.05) is 10.0 Å². The molecule has 1 heterocycles. The molecule has 0 saturated heterocycles. The predicted molar refractivity (Wildman–Crippen MR) is 72.0 cm³/mol. The molecule has 0 atom stereocenters. The molecular formula is C12H8BrF3N2S. The lowest BCUT2D eigenvalue weighted by Crippen LogP contribution is -2.09. The van der Waals surface area contributed by atoms with Gasteiger partial charge in [-0.15, -0.1) is 0 Å². The number of benzene rings is 1. The van der Waals surface area contributed by atoms with E-state index in [2.05, 4.69) is 25.9 Å². The Morgan fingerprint density at radius 1 is 1.11 bits per heavy atom. The number of alkyl halides is 3. The molecule has 0 fully saturated rings. The van der Waals surface area contributed by atoms with Crippen LogP contribution in [-0.2, 0) is 6.18 Å². The lowest BCUT2D eigenvalue weighted by atomic mass is 10.1. The van der Waals surface area contributed by atoms with E-state index in [1.807, 2.05) is 0 Å². The molecular weight excluding hydrogens is 341 g/mol. The molecule has 100 valence electrons. The minimum Gasteiger partial charge on any atom is -0.222 e. The first-order valence-electron chi connectivity index (χ1n) is 5.16. The van der Waals surface area contributed by atoms with Crippen molar-refractivity contribution in [1.29, 1.82) is 0 Å². The van der Waals surface area contributed by atoms with Gasteiger partial charge in [-0.1, -0.05) is 39.8 Å². The van der Waals surface area contributed by atoms with Crippen molar-refractivity contribution in [2.24, 2.45) is 0 Å². The van der Waals surface area contributed by atoms with E-state index in [-0.39, 0.29) is 10.9 Å². The van der Waals surface area contributed by atoms with Gasteiger partial charge >= 0.3 is 6.18 Å². The van der Waals surface area contributed by atoms with Crippen molar-refractivity contribution in [2.45, 2.75) is 11.3 Å². The highest BCUT2D eigenvalue weighted by Gasteiger charge is 2.33. The molecule has 0 spiro atoms. The summed E-state index contributed by atoms with van der Waals surface area (Å²) < 4.78 is 39.1. The van der Waals surface area contributed by atoms with Crippen LogP contribution in [0.3, 0.4) is 0 Å². The zero-order valence-corrected chi connectivity index (χ0v) is 12.1. The Hall–Kier alpha value is -1.08. The fourth-order valence-electron chi connectivity index (χ4n) is 1.43. The molecule has 0 aliphatic carbocycles. The van der Waals surface area contributed by atoms with Crippen molar-refractivity contribution in [3.8, 4) is 11.3 Å². The van der Waals surface area contributed by atoms with E-state index in [1.54, 1.807) is 30.5 Å². The Morgan fingerprint density at radius 2 is 1.74 bits per heavy atom. The van der Waals surface area contributed by atoms with Crippen LogP contribution < -0.4 is 0 Å². The van der Waals surface area contributed by atoms with Gasteiger partial charge in [-0.3, -0.25) is 0 Å². The van der Waals surface area contributed by atoms with Crippen LogP contribution in [0.2, 0.25) is 0 Å². The summed E-state index contributed by atoms with van der Waals surface area (Å²) in [6, 6.07) is 7.88. The van der Waals surface area contributed by atoms with Crippen molar-refractivity contribution < 1.29 is 13.2 Å². The third-order valence-electron chi connectivity index (χ3n) is 2.32. The van der Waals surface area contributed by atoms with Gasteiger partial charge in [0.05, 0.1) is 5.69 Å². The second-order valence-corrected chi connectivity index (χ2v) is 5.32. The second kappa shape index (κ2) is 5.50. The van der Waals surface area contributed by atoms with E-state index >= 15 is 0 Å². The Balaban J connectivity index is 2.54. The quantitative estimate of drug-likeness (QED) is 0.583. The lowest BCUT2D eigenvalue weighted by molar-refractivity contribution is -0.141. The van der Waals surface area contributed by atoms with Gasteiger partial charge in [0.15, 0.2) is 5.16 Å². The molecule has 0 amide bonds. The highest BCUT2D eigenvalue weighted by molar-refractivity contribution is 9.10. The average molecular weight is 349 g/mol. The summed E-state index contributed by atoms with van der Waals surface area (Å²) in [5.41, 5.74) is -0.0460. The molecule has 2 nitrogen and oxygen atoms in total. The van der Waals surface area contributed by atoms with Crippen molar-refractivity contribution in [3.63, 3.8) is 0 Å². The molecule has 19 heavy (non-hydrogen) atoms. The van der Waals surface area contributed by atoms with Crippen LogP contribution in [-0.4, -0.2) is 16.2 Å². The van der Waals surface area contributed by atoms with Crippen LogP contribution in [0.25, 0.3) is 11.3 Å². The minimum atomic E-state index is -4.47. The number of hydrogen-bond donors (Lipinski definition) is 0. The maximum Gasteiger partial charge on any atom is 0.433 e. The molecule has 2 aromatic rings. The van der Waals surface area contributed by atoms with Gasteiger partial charge in [0.1, 0.15) is 5.69 Å². The van der Waals surface area contributed by atoms with Crippen LogP contribution in [0.5, 0.6) is 0 Å². The molecule has 0 unspecified atom stereocenters. The van der Waals surface area contributed by atoms with Crippen LogP contribution in [0.1, 0.15) is 5.69 Å². The summed E-state index contributed by atoms with van der Waals surface area (Å²) in [4.78, 5) is 7.59. The van der Waals surface area contributed by atoms with E-state index in [4.69, 9.17) is 0 Å². The number of thioether (sulfide) groups is 1. The number of aromatic nitrogens is 2. The maximum absolute atomic E-state index is 12.8. The SMILES string of the molecule is CSc1nc(-c2ccc(Br)cc2)cc(C(F)(F)F)n1. The Labute approximate surface area is 120 Å². The van der Waals surface area contributed by atoms with Crippen molar-refractivity contribution >= 4 is 27.7 Å². The average Bonchev–Trinajstić information content (AvgIpc) is 2.38. The molecule has 0 saturated carbocycles. The smallest absolute Gasteiger partial charge is 0.222 e.